The monoisotopic (exact) mass is 302 g/mol. The molecule has 0 radical (unpaired) electrons. The smallest absolute Gasteiger partial charge is 0.404 e. The number of amides is 1. The molecule has 7 heteroatoms. The standard InChI is InChI=1S/C14H11ClN4O2/c15-11-8-18-19-12(4-5-16-13(11)19)10-3-1-2-9(6-10)7-17-14(20)21/h1-6,8,17H,7H2,(H,20,21). The molecule has 0 unspecified atom stereocenters. The number of nitrogens with zero attached hydrogens (tertiary/aromatic N) is 3. The van der Waals surface area contributed by atoms with Gasteiger partial charge in [0.2, 0.25) is 0 Å². The molecule has 0 aliphatic rings. The Kier molecular flexibility index (Phi) is 3.45. The zero-order valence-electron chi connectivity index (χ0n) is 10.8. The van der Waals surface area contributed by atoms with E-state index in [1.807, 2.05) is 30.3 Å². The highest BCUT2D eigenvalue weighted by molar-refractivity contribution is 6.33. The third-order valence-electron chi connectivity index (χ3n) is 3.02. The number of nitrogens with one attached hydrogen (secondary N) is 1. The van der Waals surface area contributed by atoms with Crippen molar-refractivity contribution in [2.75, 3.05) is 0 Å². The maximum atomic E-state index is 10.6. The largest absolute Gasteiger partial charge is 0.465 e. The first-order valence-corrected chi connectivity index (χ1v) is 6.57. The highest BCUT2D eigenvalue weighted by Gasteiger charge is 2.09. The van der Waals surface area contributed by atoms with Crippen molar-refractivity contribution in [2.45, 2.75) is 6.54 Å². The number of aromatic nitrogens is 3. The van der Waals surface area contributed by atoms with Crippen LogP contribution in [0.25, 0.3) is 16.9 Å². The number of halogens is 1. The Labute approximate surface area is 125 Å². The molecule has 1 aromatic carbocycles. The molecule has 1 amide bonds. The van der Waals surface area contributed by atoms with Crippen LogP contribution in [0.1, 0.15) is 5.56 Å². The Morgan fingerprint density at radius 2 is 2.24 bits per heavy atom. The fourth-order valence-corrected chi connectivity index (χ4v) is 2.27. The van der Waals surface area contributed by atoms with E-state index in [0.717, 1.165) is 16.8 Å². The Morgan fingerprint density at radius 3 is 3.05 bits per heavy atom. The normalized spacial score (nSPS) is 10.7. The predicted molar refractivity (Wildman–Crippen MR) is 78.3 cm³/mol. The minimum atomic E-state index is -1.05. The van der Waals surface area contributed by atoms with E-state index in [2.05, 4.69) is 15.4 Å². The molecule has 0 aliphatic carbocycles. The zero-order valence-corrected chi connectivity index (χ0v) is 11.6. The molecule has 0 atom stereocenters. The van der Waals surface area contributed by atoms with Crippen molar-refractivity contribution in [1.82, 2.24) is 19.9 Å². The van der Waals surface area contributed by atoms with E-state index in [1.54, 1.807) is 16.9 Å². The summed E-state index contributed by atoms with van der Waals surface area (Å²) in [6, 6.07) is 9.38. The molecule has 2 aromatic heterocycles. The summed E-state index contributed by atoms with van der Waals surface area (Å²) >= 11 is 6.03. The van der Waals surface area contributed by atoms with E-state index in [0.29, 0.717) is 10.7 Å². The van der Waals surface area contributed by atoms with Crippen molar-refractivity contribution in [3.63, 3.8) is 0 Å². The molecule has 0 aliphatic heterocycles. The quantitative estimate of drug-likeness (QED) is 0.779. The molecule has 2 heterocycles. The molecular weight excluding hydrogens is 292 g/mol. The number of carbonyl (C=O) groups is 1. The van der Waals surface area contributed by atoms with Gasteiger partial charge in [0.15, 0.2) is 5.65 Å². The fourth-order valence-electron chi connectivity index (χ4n) is 2.10. The number of carboxylic acid groups (broad SMARTS) is 1. The fraction of sp³-hybridized carbons (Fsp3) is 0.0714. The van der Waals surface area contributed by atoms with E-state index in [-0.39, 0.29) is 6.54 Å². The van der Waals surface area contributed by atoms with Crippen molar-refractivity contribution in [3.05, 3.63) is 53.3 Å². The van der Waals surface area contributed by atoms with Crippen molar-refractivity contribution in [1.29, 1.82) is 0 Å². The van der Waals surface area contributed by atoms with Gasteiger partial charge in [0.1, 0.15) is 5.02 Å². The van der Waals surface area contributed by atoms with Crippen LogP contribution in [0.4, 0.5) is 4.79 Å². The summed E-state index contributed by atoms with van der Waals surface area (Å²) in [5.41, 5.74) is 3.19. The van der Waals surface area contributed by atoms with Gasteiger partial charge >= 0.3 is 6.09 Å². The van der Waals surface area contributed by atoms with Crippen LogP contribution in [0.2, 0.25) is 5.02 Å². The first-order chi connectivity index (χ1) is 10.1. The van der Waals surface area contributed by atoms with Crippen LogP contribution in [-0.4, -0.2) is 25.8 Å². The maximum Gasteiger partial charge on any atom is 0.404 e. The number of hydrogen-bond donors (Lipinski definition) is 2. The van der Waals surface area contributed by atoms with Gasteiger partial charge in [-0.2, -0.15) is 5.10 Å². The van der Waals surface area contributed by atoms with Crippen LogP contribution in [0.3, 0.4) is 0 Å². The van der Waals surface area contributed by atoms with Crippen molar-refractivity contribution in [3.8, 4) is 11.3 Å². The van der Waals surface area contributed by atoms with Gasteiger partial charge in [-0.1, -0.05) is 29.8 Å². The molecule has 21 heavy (non-hydrogen) atoms. The Balaban J connectivity index is 2.02. The number of fused-ring (bicyclic) bond motifs is 1. The maximum absolute atomic E-state index is 10.6. The van der Waals surface area contributed by atoms with Crippen LogP contribution >= 0.6 is 11.6 Å². The lowest BCUT2D eigenvalue weighted by molar-refractivity contribution is 0.194. The third-order valence-corrected chi connectivity index (χ3v) is 3.29. The molecule has 0 saturated heterocycles. The second-order valence-electron chi connectivity index (χ2n) is 4.42. The van der Waals surface area contributed by atoms with Crippen LogP contribution in [-0.2, 0) is 6.54 Å². The molecule has 0 fully saturated rings. The third kappa shape index (κ3) is 2.66. The Hall–Kier alpha value is -2.60. The predicted octanol–water partition coefficient (Wildman–Crippen LogP) is 2.82. The molecular formula is C14H11ClN4O2. The van der Waals surface area contributed by atoms with Gasteiger partial charge in [-0.15, -0.1) is 0 Å². The Morgan fingerprint density at radius 1 is 1.38 bits per heavy atom. The van der Waals surface area contributed by atoms with Crippen molar-refractivity contribution >= 4 is 23.3 Å². The molecule has 0 bridgehead atoms. The van der Waals surface area contributed by atoms with E-state index in [4.69, 9.17) is 16.7 Å². The summed E-state index contributed by atoms with van der Waals surface area (Å²) in [6.45, 7) is 0.247. The number of hydrogen-bond acceptors (Lipinski definition) is 3. The number of benzene rings is 1. The molecule has 0 spiro atoms. The minimum absolute atomic E-state index is 0.247. The average Bonchev–Trinajstić information content (AvgIpc) is 2.87. The summed E-state index contributed by atoms with van der Waals surface area (Å²) < 4.78 is 1.66. The molecule has 0 saturated carbocycles. The summed E-state index contributed by atoms with van der Waals surface area (Å²) in [4.78, 5) is 14.7. The SMILES string of the molecule is O=C(O)NCc1cccc(-c2ccnc3c(Cl)cnn23)c1. The van der Waals surface area contributed by atoms with Gasteiger partial charge in [-0.25, -0.2) is 14.3 Å². The van der Waals surface area contributed by atoms with Gasteiger partial charge in [0.05, 0.1) is 11.9 Å². The summed E-state index contributed by atoms with van der Waals surface area (Å²) in [5.74, 6) is 0. The molecule has 6 nitrogen and oxygen atoms in total. The lowest BCUT2D eigenvalue weighted by atomic mass is 10.1. The summed E-state index contributed by atoms with van der Waals surface area (Å²) in [5, 5.41) is 15.7. The van der Waals surface area contributed by atoms with Gasteiger partial charge in [0, 0.05) is 18.3 Å². The second kappa shape index (κ2) is 5.41. The molecule has 106 valence electrons. The highest BCUT2D eigenvalue weighted by atomic mass is 35.5. The first-order valence-electron chi connectivity index (χ1n) is 6.19. The molecule has 3 aromatic rings. The van der Waals surface area contributed by atoms with Gasteiger partial charge < -0.3 is 10.4 Å². The van der Waals surface area contributed by atoms with Gasteiger partial charge in [-0.05, 0) is 17.7 Å². The van der Waals surface area contributed by atoms with Gasteiger partial charge in [0.25, 0.3) is 0 Å². The number of rotatable bonds is 3. The van der Waals surface area contributed by atoms with E-state index >= 15 is 0 Å². The molecule has 2 N–H and O–H groups in total. The van der Waals surface area contributed by atoms with Crippen LogP contribution in [0.5, 0.6) is 0 Å². The lowest BCUT2D eigenvalue weighted by Gasteiger charge is -2.07. The van der Waals surface area contributed by atoms with E-state index in [9.17, 15) is 4.79 Å². The van der Waals surface area contributed by atoms with Crippen molar-refractivity contribution in [2.24, 2.45) is 0 Å². The topological polar surface area (TPSA) is 79.5 Å². The lowest BCUT2D eigenvalue weighted by Crippen LogP contribution is -2.19. The van der Waals surface area contributed by atoms with Crippen LogP contribution in [0, 0.1) is 0 Å². The van der Waals surface area contributed by atoms with Gasteiger partial charge in [-0.3, -0.25) is 0 Å². The second-order valence-corrected chi connectivity index (χ2v) is 4.82. The minimum Gasteiger partial charge on any atom is -0.465 e. The van der Waals surface area contributed by atoms with E-state index in [1.165, 1.54) is 0 Å². The van der Waals surface area contributed by atoms with Crippen molar-refractivity contribution < 1.29 is 9.90 Å². The average molecular weight is 303 g/mol. The van der Waals surface area contributed by atoms with E-state index < -0.39 is 6.09 Å². The molecule has 3 rings (SSSR count). The summed E-state index contributed by atoms with van der Waals surface area (Å²) in [6.07, 6.45) is 2.16. The van der Waals surface area contributed by atoms with Crippen LogP contribution in [0.15, 0.2) is 42.7 Å². The highest BCUT2D eigenvalue weighted by Crippen LogP contribution is 2.23. The van der Waals surface area contributed by atoms with Crippen LogP contribution < -0.4 is 5.32 Å². The zero-order chi connectivity index (χ0) is 14.8. The Bertz CT molecular complexity index is 816. The first kappa shape index (κ1) is 13.4. The summed E-state index contributed by atoms with van der Waals surface area (Å²) in [7, 11) is 0.